The van der Waals surface area contributed by atoms with Crippen LogP contribution in [0.2, 0.25) is 0 Å². The number of hydrogen-bond donors (Lipinski definition) is 0. The summed E-state index contributed by atoms with van der Waals surface area (Å²) >= 11 is 0. The molecule has 310 valence electrons. The minimum atomic E-state index is -0.646. The van der Waals surface area contributed by atoms with Gasteiger partial charge in [-0.2, -0.15) is 0 Å². The average Bonchev–Trinajstić information content (AvgIpc) is 3.86. The molecule has 0 saturated carbocycles. The molecule has 0 aliphatic heterocycles. The molecule has 11 aromatic carbocycles. The lowest BCUT2D eigenvalue weighted by Gasteiger charge is -2.35. The molecule has 1 nitrogen and oxygen atoms in total. The van der Waals surface area contributed by atoms with Gasteiger partial charge in [0, 0.05) is 17.1 Å². The molecule has 0 saturated heterocycles. The van der Waals surface area contributed by atoms with Crippen molar-refractivity contribution in [1.82, 2.24) is 0 Å². The van der Waals surface area contributed by atoms with Crippen molar-refractivity contribution in [1.29, 1.82) is 0 Å². The Labute approximate surface area is 386 Å². The van der Waals surface area contributed by atoms with Gasteiger partial charge < -0.3 is 4.90 Å². The number of nitrogens with zero attached hydrogens (tertiary/aromatic N) is 1. The van der Waals surface area contributed by atoms with Gasteiger partial charge in [0.05, 0.1) is 5.41 Å². The van der Waals surface area contributed by atoms with Crippen LogP contribution in [-0.4, -0.2) is 0 Å². The van der Waals surface area contributed by atoms with Gasteiger partial charge in [-0.15, -0.1) is 0 Å². The summed E-state index contributed by atoms with van der Waals surface area (Å²) in [5, 5.41) is 5.15. The molecule has 0 radical (unpaired) electrons. The highest BCUT2D eigenvalue weighted by Crippen LogP contribution is 2.64. The molecule has 11 aromatic rings. The Kier molecular flexibility index (Phi) is 8.63. The fourth-order valence-corrected chi connectivity index (χ4v) is 11.6. The molecule has 2 aliphatic carbocycles. The molecular formula is C65H45N. The van der Waals surface area contributed by atoms with Crippen LogP contribution in [0.3, 0.4) is 0 Å². The van der Waals surface area contributed by atoms with E-state index in [1.807, 2.05) is 0 Å². The van der Waals surface area contributed by atoms with Crippen LogP contribution in [0.15, 0.2) is 237 Å². The summed E-state index contributed by atoms with van der Waals surface area (Å²) in [6.07, 6.45) is 0. The molecule has 66 heavy (non-hydrogen) atoms. The summed E-state index contributed by atoms with van der Waals surface area (Å²) in [5.74, 6) is 0. The second kappa shape index (κ2) is 14.9. The van der Waals surface area contributed by atoms with Crippen LogP contribution in [0, 0.1) is 13.8 Å². The molecule has 0 bridgehead atoms. The van der Waals surface area contributed by atoms with Gasteiger partial charge in [0.1, 0.15) is 0 Å². The van der Waals surface area contributed by atoms with Crippen molar-refractivity contribution in [2.75, 3.05) is 4.90 Å². The second-order valence-electron chi connectivity index (χ2n) is 18.1. The number of anilines is 3. The van der Waals surface area contributed by atoms with Crippen LogP contribution in [0.5, 0.6) is 0 Å². The van der Waals surface area contributed by atoms with Gasteiger partial charge in [0.25, 0.3) is 0 Å². The third-order valence-corrected chi connectivity index (χ3v) is 14.4. The largest absolute Gasteiger partial charge is 0.310 e. The highest BCUT2D eigenvalue weighted by atomic mass is 15.1. The molecule has 0 amide bonds. The minimum absolute atomic E-state index is 0.646. The molecule has 0 N–H and O–H groups in total. The fraction of sp³-hybridized carbons (Fsp3) is 0.0462. The summed E-state index contributed by atoms with van der Waals surface area (Å²) in [4.78, 5) is 2.40. The first-order valence-electron chi connectivity index (χ1n) is 23.1. The third-order valence-electron chi connectivity index (χ3n) is 14.4. The first-order valence-corrected chi connectivity index (χ1v) is 23.1. The van der Waals surface area contributed by atoms with E-state index in [1.54, 1.807) is 0 Å². The number of para-hydroxylation sites is 2. The van der Waals surface area contributed by atoms with Crippen molar-refractivity contribution in [3.8, 4) is 55.6 Å². The van der Waals surface area contributed by atoms with E-state index in [1.165, 1.54) is 111 Å². The summed E-state index contributed by atoms with van der Waals surface area (Å²) < 4.78 is 0. The highest BCUT2D eigenvalue weighted by Gasteiger charge is 2.48. The summed E-state index contributed by atoms with van der Waals surface area (Å²) in [7, 11) is 0. The Morgan fingerprint density at radius 1 is 0.303 bits per heavy atom. The van der Waals surface area contributed by atoms with E-state index in [0.29, 0.717) is 0 Å². The highest BCUT2D eigenvalue weighted by molar-refractivity contribution is 6.29. The lowest BCUT2D eigenvalue weighted by Crippen LogP contribution is -2.29. The molecule has 0 aromatic heterocycles. The Balaban J connectivity index is 1.19. The van der Waals surface area contributed by atoms with Crippen molar-refractivity contribution in [3.05, 3.63) is 270 Å². The third kappa shape index (κ3) is 5.53. The number of rotatable bonds is 7. The lowest BCUT2D eigenvalue weighted by atomic mass is 9.67. The lowest BCUT2D eigenvalue weighted by molar-refractivity contribution is 0.769. The van der Waals surface area contributed by atoms with E-state index in [-0.39, 0.29) is 0 Å². The Morgan fingerprint density at radius 2 is 0.773 bits per heavy atom. The monoisotopic (exact) mass is 839 g/mol. The predicted octanol–water partition coefficient (Wildman–Crippen LogP) is 17.4. The van der Waals surface area contributed by atoms with Gasteiger partial charge in [-0.25, -0.2) is 0 Å². The topological polar surface area (TPSA) is 3.24 Å². The number of benzene rings is 11. The SMILES string of the molecule is Cc1ccc(-c2c3c(c(-c4ccc(C)cc4)c4ccccc24)-c2cc4c(c5cccc-3c25)-c2ccc(N(c3ccccc3)c3ccccc3)cc2C4(c2ccccc2)c2ccccc2)cc1. The van der Waals surface area contributed by atoms with Crippen LogP contribution in [0.1, 0.15) is 33.4 Å². The first-order chi connectivity index (χ1) is 32.6. The molecule has 0 fully saturated rings. The van der Waals surface area contributed by atoms with Crippen LogP contribution in [-0.2, 0) is 5.41 Å². The van der Waals surface area contributed by atoms with E-state index in [0.717, 1.165) is 17.1 Å². The predicted molar refractivity (Wildman–Crippen MR) is 278 cm³/mol. The molecule has 0 unspecified atom stereocenters. The minimum Gasteiger partial charge on any atom is -0.310 e. The zero-order valence-corrected chi connectivity index (χ0v) is 37.0. The van der Waals surface area contributed by atoms with Crippen LogP contribution < -0.4 is 4.90 Å². The first kappa shape index (κ1) is 38.2. The van der Waals surface area contributed by atoms with Gasteiger partial charge >= 0.3 is 0 Å². The van der Waals surface area contributed by atoms with Gasteiger partial charge in [-0.1, -0.05) is 205 Å². The van der Waals surface area contributed by atoms with E-state index >= 15 is 0 Å². The van der Waals surface area contributed by atoms with E-state index < -0.39 is 5.41 Å². The average molecular weight is 840 g/mol. The van der Waals surface area contributed by atoms with E-state index in [2.05, 4.69) is 255 Å². The quantitative estimate of drug-likeness (QED) is 0.155. The van der Waals surface area contributed by atoms with Gasteiger partial charge in [-0.05, 0) is 156 Å². The standard InChI is InChI=1S/C65H45N/c1-42-30-34-44(35-31-42)59-51-26-15-16-27-52(51)60(45-36-32-43(2)33-37-45)64-56-41-58-62(54-28-17-29-55(61(54)56)63(59)64)53-39-38-50(66(48-22-11-5-12-23-48)49-24-13-6-14-25-49)40-57(53)65(58,46-18-7-3-8-19-46)47-20-9-4-10-21-47/h3-41H,1-2H3. The van der Waals surface area contributed by atoms with Crippen LogP contribution >= 0.6 is 0 Å². The zero-order chi connectivity index (χ0) is 43.9. The Hall–Kier alpha value is -8.26. The smallest absolute Gasteiger partial charge is 0.0714 e. The maximum absolute atomic E-state index is 2.62. The maximum atomic E-state index is 2.62. The molecule has 0 heterocycles. The number of hydrogen-bond acceptors (Lipinski definition) is 1. The fourth-order valence-electron chi connectivity index (χ4n) is 11.6. The molecular weight excluding hydrogens is 795 g/mol. The number of fused-ring (bicyclic) bond motifs is 8. The van der Waals surface area contributed by atoms with E-state index in [9.17, 15) is 0 Å². The molecule has 1 heteroatoms. The molecule has 0 atom stereocenters. The van der Waals surface area contributed by atoms with Crippen LogP contribution in [0.4, 0.5) is 17.1 Å². The summed E-state index contributed by atoms with van der Waals surface area (Å²) in [6, 6.07) is 88.5. The van der Waals surface area contributed by atoms with Crippen molar-refractivity contribution in [3.63, 3.8) is 0 Å². The zero-order valence-electron chi connectivity index (χ0n) is 37.0. The van der Waals surface area contributed by atoms with Gasteiger partial charge in [-0.3, -0.25) is 0 Å². The Morgan fingerprint density at radius 3 is 1.30 bits per heavy atom. The van der Waals surface area contributed by atoms with Crippen molar-refractivity contribution in [2.24, 2.45) is 0 Å². The number of aryl methyl sites for hydroxylation is 2. The summed E-state index contributed by atoms with van der Waals surface area (Å²) in [6.45, 7) is 4.36. The van der Waals surface area contributed by atoms with Crippen LogP contribution in [0.25, 0.3) is 77.2 Å². The normalized spacial score (nSPS) is 12.8. The Bertz CT molecular complexity index is 3590. The maximum Gasteiger partial charge on any atom is 0.0714 e. The van der Waals surface area contributed by atoms with Crippen molar-refractivity contribution in [2.45, 2.75) is 19.3 Å². The van der Waals surface area contributed by atoms with Gasteiger partial charge in [0.15, 0.2) is 0 Å². The van der Waals surface area contributed by atoms with E-state index in [4.69, 9.17) is 0 Å². The molecule has 13 rings (SSSR count). The van der Waals surface area contributed by atoms with Crippen molar-refractivity contribution < 1.29 is 0 Å². The molecule has 0 spiro atoms. The summed E-state index contributed by atoms with van der Waals surface area (Å²) in [5.41, 5.74) is 23.2. The second-order valence-corrected chi connectivity index (χ2v) is 18.1. The van der Waals surface area contributed by atoms with Gasteiger partial charge in [0.2, 0.25) is 0 Å². The molecule has 2 aliphatic rings. The van der Waals surface area contributed by atoms with Crippen molar-refractivity contribution >= 4 is 38.6 Å².